The van der Waals surface area contributed by atoms with E-state index in [4.69, 9.17) is 5.10 Å². The van der Waals surface area contributed by atoms with Crippen LogP contribution in [0.5, 0.6) is 0 Å². The number of nitrogens with zero attached hydrogens (tertiary/aromatic N) is 4. The van der Waals surface area contributed by atoms with Crippen LogP contribution in [0.1, 0.15) is 29.1 Å². The lowest BCUT2D eigenvalue weighted by atomic mass is 10.1. The molecule has 6 heteroatoms. The molecule has 0 saturated carbocycles. The van der Waals surface area contributed by atoms with Crippen molar-refractivity contribution in [3.05, 3.63) is 88.3 Å². The number of halogens is 1. The van der Waals surface area contributed by atoms with E-state index in [0.717, 1.165) is 27.5 Å². The minimum absolute atomic E-state index is 0.178. The zero-order valence-electron chi connectivity index (χ0n) is 16.7. The van der Waals surface area contributed by atoms with Crippen molar-refractivity contribution < 1.29 is 4.39 Å². The first-order valence-corrected chi connectivity index (χ1v) is 10.4. The van der Waals surface area contributed by atoms with E-state index in [-0.39, 0.29) is 11.9 Å². The van der Waals surface area contributed by atoms with Crippen molar-refractivity contribution in [3.8, 4) is 16.9 Å². The SMILES string of the molecule is Cc1cccc(-n2cc(CN(C)[C@H](C)c3nccs3)c(-c3cccc(F)c3)n2)c1. The molecule has 4 aromatic rings. The third-order valence-electron chi connectivity index (χ3n) is 5.04. The van der Waals surface area contributed by atoms with Crippen LogP contribution in [0.3, 0.4) is 0 Å². The highest BCUT2D eigenvalue weighted by molar-refractivity contribution is 7.09. The maximum atomic E-state index is 13.9. The Morgan fingerprint density at radius 2 is 2.00 bits per heavy atom. The molecule has 0 aliphatic carbocycles. The minimum atomic E-state index is -0.261. The van der Waals surface area contributed by atoms with Gasteiger partial charge in [0.2, 0.25) is 0 Å². The number of thiazole rings is 1. The van der Waals surface area contributed by atoms with E-state index in [2.05, 4.69) is 42.9 Å². The van der Waals surface area contributed by atoms with Gasteiger partial charge in [0.15, 0.2) is 0 Å². The van der Waals surface area contributed by atoms with Crippen molar-refractivity contribution in [1.29, 1.82) is 0 Å². The summed E-state index contributed by atoms with van der Waals surface area (Å²) in [5, 5.41) is 7.89. The molecular formula is C23H23FN4S. The highest BCUT2D eigenvalue weighted by Gasteiger charge is 2.19. The van der Waals surface area contributed by atoms with E-state index >= 15 is 0 Å². The maximum Gasteiger partial charge on any atom is 0.123 e. The maximum absolute atomic E-state index is 13.9. The Hall–Kier alpha value is -2.83. The third-order valence-corrected chi connectivity index (χ3v) is 5.99. The fourth-order valence-electron chi connectivity index (χ4n) is 3.34. The second-order valence-electron chi connectivity index (χ2n) is 7.26. The van der Waals surface area contributed by atoms with Gasteiger partial charge in [-0.25, -0.2) is 14.1 Å². The van der Waals surface area contributed by atoms with Crippen LogP contribution in [-0.4, -0.2) is 26.7 Å². The molecule has 0 unspecified atom stereocenters. The minimum Gasteiger partial charge on any atom is -0.293 e. The number of aryl methyl sites for hydroxylation is 1. The molecule has 0 bridgehead atoms. The van der Waals surface area contributed by atoms with Crippen molar-refractivity contribution in [3.63, 3.8) is 0 Å². The lowest BCUT2D eigenvalue weighted by molar-refractivity contribution is 0.253. The van der Waals surface area contributed by atoms with Gasteiger partial charge in [0, 0.05) is 35.4 Å². The van der Waals surface area contributed by atoms with Crippen LogP contribution in [0, 0.1) is 12.7 Å². The summed E-state index contributed by atoms with van der Waals surface area (Å²) in [4.78, 5) is 6.68. The molecular weight excluding hydrogens is 383 g/mol. The molecule has 4 nitrogen and oxygen atoms in total. The Kier molecular flexibility index (Phi) is 5.56. The van der Waals surface area contributed by atoms with Crippen LogP contribution < -0.4 is 0 Å². The van der Waals surface area contributed by atoms with Crippen LogP contribution in [0.2, 0.25) is 0 Å². The molecule has 0 saturated heterocycles. The second-order valence-corrected chi connectivity index (χ2v) is 8.18. The molecule has 0 fully saturated rings. The first-order chi connectivity index (χ1) is 14.0. The molecule has 2 heterocycles. The number of hydrogen-bond donors (Lipinski definition) is 0. The molecule has 0 aliphatic rings. The van der Waals surface area contributed by atoms with Crippen molar-refractivity contribution in [1.82, 2.24) is 19.7 Å². The van der Waals surface area contributed by atoms with Crippen molar-refractivity contribution in [2.75, 3.05) is 7.05 Å². The average molecular weight is 407 g/mol. The van der Waals surface area contributed by atoms with E-state index in [1.54, 1.807) is 17.4 Å². The predicted octanol–water partition coefficient (Wildman–Crippen LogP) is 5.64. The van der Waals surface area contributed by atoms with Crippen LogP contribution >= 0.6 is 11.3 Å². The van der Waals surface area contributed by atoms with Gasteiger partial charge in [0.05, 0.1) is 17.4 Å². The van der Waals surface area contributed by atoms with Crippen molar-refractivity contribution in [2.24, 2.45) is 0 Å². The topological polar surface area (TPSA) is 34.0 Å². The fraction of sp³-hybridized carbons (Fsp3) is 0.217. The summed E-state index contributed by atoms with van der Waals surface area (Å²) < 4.78 is 15.8. The molecule has 2 aromatic carbocycles. The van der Waals surface area contributed by atoms with Crippen molar-refractivity contribution >= 4 is 11.3 Å². The zero-order chi connectivity index (χ0) is 20.4. The molecule has 148 valence electrons. The van der Waals surface area contributed by atoms with Gasteiger partial charge in [-0.15, -0.1) is 11.3 Å². The normalized spacial score (nSPS) is 12.4. The van der Waals surface area contributed by atoms with E-state index in [1.807, 2.05) is 40.7 Å². The van der Waals surface area contributed by atoms with E-state index in [9.17, 15) is 4.39 Å². The molecule has 2 aromatic heterocycles. The lowest BCUT2D eigenvalue weighted by Gasteiger charge is -2.22. The monoisotopic (exact) mass is 406 g/mol. The lowest BCUT2D eigenvalue weighted by Crippen LogP contribution is -2.21. The summed E-state index contributed by atoms with van der Waals surface area (Å²) >= 11 is 1.65. The third kappa shape index (κ3) is 4.28. The van der Waals surface area contributed by atoms with E-state index in [0.29, 0.717) is 6.54 Å². The Balaban J connectivity index is 1.72. The summed E-state index contributed by atoms with van der Waals surface area (Å²) in [6.07, 6.45) is 3.87. The van der Waals surface area contributed by atoms with Crippen LogP contribution in [-0.2, 0) is 6.54 Å². The summed E-state index contributed by atoms with van der Waals surface area (Å²) in [6.45, 7) is 4.88. The van der Waals surface area contributed by atoms with Crippen LogP contribution in [0.25, 0.3) is 16.9 Å². The first-order valence-electron chi connectivity index (χ1n) is 9.52. The Morgan fingerprint density at radius 1 is 1.17 bits per heavy atom. The Bertz CT molecular complexity index is 1100. The first kappa shape index (κ1) is 19.5. The van der Waals surface area contributed by atoms with Crippen LogP contribution in [0.15, 0.2) is 66.3 Å². The number of rotatable bonds is 6. The van der Waals surface area contributed by atoms with Gasteiger partial charge in [-0.1, -0.05) is 24.3 Å². The van der Waals surface area contributed by atoms with Crippen molar-refractivity contribution in [2.45, 2.75) is 26.4 Å². The summed E-state index contributed by atoms with van der Waals surface area (Å²) in [5.41, 5.74) is 4.78. The quantitative estimate of drug-likeness (QED) is 0.416. The number of hydrogen-bond acceptors (Lipinski definition) is 4. The molecule has 0 aliphatic heterocycles. The largest absolute Gasteiger partial charge is 0.293 e. The Labute approximate surface area is 174 Å². The molecule has 0 amide bonds. The highest BCUT2D eigenvalue weighted by Crippen LogP contribution is 2.28. The number of aromatic nitrogens is 3. The van der Waals surface area contributed by atoms with Crippen LogP contribution in [0.4, 0.5) is 4.39 Å². The van der Waals surface area contributed by atoms with Gasteiger partial charge in [0.1, 0.15) is 10.8 Å². The molecule has 4 rings (SSSR count). The molecule has 0 N–H and O–H groups in total. The fourth-order valence-corrected chi connectivity index (χ4v) is 4.10. The van der Waals surface area contributed by atoms with E-state index < -0.39 is 0 Å². The smallest absolute Gasteiger partial charge is 0.123 e. The van der Waals surface area contributed by atoms with Gasteiger partial charge in [-0.3, -0.25) is 4.90 Å². The predicted molar refractivity (Wildman–Crippen MR) is 116 cm³/mol. The van der Waals surface area contributed by atoms with Gasteiger partial charge in [-0.2, -0.15) is 5.10 Å². The summed E-state index contributed by atoms with van der Waals surface area (Å²) in [6, 6.07) is 15.0. The average Bonchev–Trinajstić information content (AvgIpc) is 3.38. The van der Waals surface area contributed by atoms with Gasteiger partial charge in [-0.05, 0) is 50.7 Å². The summed E-state index contributed by atoms with van der Waals surface area (Å²) in [5.74, 6) is -0.261. The van der Waals surface area contributed by atoms with Gasteiger partial charge in [0.25, 0.3) is 0 Å². The Morgan fingerprint density at radius 3 is 2.72 bits per heavy atom. The zero-order valence-corrected chi connectivity index (χ0v) is 17.5. The second kappa shape index (κ2) is 8.27. The van der Waals surface area contributed by atoms with Gasteiger partial charge >= 0.3 is 0 Å². The molecule has 0 radical (unpaired) electrons. The molecule has 1 atom stereocenters. The standard InChI is InChI=1S/C23H23FN4S/c1-16-6-4-9-21(12-16)28-15-19(14-27(3)17(2)23-25-10-11-29-23)22(26-28)18-7-5-8-20(24)13-18/h4-13,15,17H,14H2,1-3H3/t17-/m1/s1. The van der Waals surface area contributed by atoms with Gasteiger partial charge < -0.3 is 0 Å². The summed E-state index contributed by atoms with van der Waals surface area (Å²) in [7, 11) is 2.07. The molecule has 29 heavy (non-hydrogen) atoms. The van der Waals surface area contributed by atoms with E-state index in [1.165, 1.54) is 17.7 Å². The molecule has 0 spiro atoms. The number of benzene rings is 2. The highest BCUT2D eigenvalue weighted by atomic mass is 32.1.